The van der Waals surface area contributed by atoms with E-state index < -0.39 is 5.97 Å². The molecule has 0 amide bonds. The molecule has 0 saturated carbocycles. The topological polar surface area (TPSA) is 65.0 Å². The number of benzene rings is 1. The Balaban J connectivity index is 1.87. The lowest BCUT2D eigenvalue weighted by molar-refractivity contribution is -0.133. The van der Waals surface area contributed by atoms with Crippen LogP contribution in [0.1, 0.15) is 5.56 Å². The highest BCUT2D eigenvalue weighted by Gasteiger charge is 2.13. The Morgan fingerprint density at radius 2 is 2.18 bits per heavy atom. The minimum atomic E-state index is -1.05. The zero-order valence-electron chi connectivity index (χ0n) is 9.14. The van der Waals surface area contributed by atoms with E-state index in [1.807, 2.05) is 12.1 Å². The van der Waals surface area contributed by atoms with Gasteiger partial charge >= 0.3 is 5.97 Å². The second-order valence-electron chi connectivity index (χ2n) is 3.59. The van der Waals surface area contributed by atoms with Crippen molar-refractivity contribution < 1.29 is 24.1 Å². The highest BCUT2D eigenvalue weighted by molar-refractivity contribution is 5.85. The number of carbonyl (C=O) groups is 1. The van der Waals surface area contributed by atoms with E-state index >= 15 is 0 Å². The van der Waals surface area contributed by atoms with Gasteiger partial charge in [0.2, 0.25) is 6.79 Å². The fourth-order valence-corrected chi connectivity index (χ4v) is 1.38. The largest absolute Gasteiger partial charge is 0.478 e. The van der Waals surface area contributed by atoms with Crippen LogP contribution in [-0.2, 0) is 16.1 Å². The number of carboxylic acid groups (broad SMARTS) is 1. The molecular weight excluding hydrogens is 224 g/mol. The molecule has 0 saturated heterocycles. The first-order valence-electron chi connectivity index (χ1n) is 5.04. The van der Waals surface area contributed by atoms with Crippen molar-refractivity contribution in [3.05, 3.63) is 35.9 Å². The third kappa shape index (κ3) is 2.76. The Labute approximate surface area is 98.2 Å². The Morgan fingerprint density at radius 1 is 1.41 bits per heavy atom. The van der Waals surface area contributed by atoms with Gasteiger partial charge in [0.25, 0.3) is 0 Å². The SMILES string of the molecule is C=C(COCc1ccc2c(c1)OCO2)C(=O)O. The van der Waals surface area contributed by atoms with Gasteiger partial charge in [-0.1, -0.05) is 12.6 Å². The molecule has 1 N–H and O–H groups in total. The quantitative estimate of drug-likeness (QED) is 0.786. The minimum Gasteiger partial charge on any atom is -0.478 e. The van der Waals surface area contributed by atoms with Crippen LogP contribution in [0.3, 0.4) is 0 Å². The van der Waals surface area contributed by atoms with Crippen LogP contribution in [0, 0.1) is 0 Å². The van der Waals surface area contributed by atoms with Gasteiger partial charge in [0.15, 0.2) is 11.5 Å². The molecule has 90 valence electrons. The first-order valence-corrected chi connectivity index (χ1v) is 5.04. The number of fused-ring (bicyclic) bond motifs is 1. The molecule has 0 atom stereocenters. The van der Waals surface area contributed by atoms with Gasteiger partial charge in [-0.25, -0.2) is 4.79 Å². The van der Waals surface area contributed by atoms with Gasteiger partial charge in [-0.15, -0.1) is 0 Å². The summed E-state index contributed by atoms with van der Waals surface area (Å²) >= 11 is 0. The van der Waals surface area contributed by atoms with Crippen LogP contribution < -0.4 is 9.47 Å². The van der Waals surface area contributed by atoms with Crippen LogP contribution in [0.5, 0.6) is 11.5 Å². The molecule has 5 heteroatoms. The summed E-state index contributed by atoms with van der Waals surface area (Å²) in [5.74, 6) is 0.350. The fraction of sp³-hybridized carbons (Fsp3) is 0.250. The molecule has 5 nitrogen and oxygen atoms in total. The first kappa shape index (κ1) is 11.5. The van der Waals surface area contributed by atoms with E-state index in [0.717, 1.165) is 5.56 Å². The second kappa shape index (κ2) is 4.88. The van der Waals surface area contributed by atoms with Gasteiger partial charge in [-0.05, 0) is 17.7 Å². The number of carboxylic acids is 1. The summed E-state index contributed by atoms with van der Waals surface area (Å²) in [5.41, 5.74) is 0.929. The molecule has 1 aromatic carbocycles. The summed E-state index contributed by atoms with van der Waals surface area (Å²) in [7, 11) is 0. The molecule has 1 aliphatic rings. The molecule has 0 spiro atoms. The number of aliphatic carboxylic acids is 1. The fourth-order valence-electron chi connectivity index (χ4n) is 1.38. The van der Waals surface area contributed by atoms with Crippen molar-refractivity contribution in [2.24, 2.45) is 0 Å². The van der Waals surface area contributed by atoms with E-state index in [2.05, 4.69) is 6.58 Å². The van der Waals surface area contributed by atoms with E-state index in [9.17, 15) is 4.79 Å². The third-order valence-electron chi connectivity index (χ3n) is 2.28. The van der Waals surface area contributed by atoms with Crippen molar-refractivity contribution in [3.63, 3.8) is 0 Å². The standard InChI is InChI=1S/C12H12O5/c1-8(12(13)14)5-15-6-9-2-3-10-11(4-9)17-7-16-10/h2-4H,1,5-7H2,(H,13,14). The molecule has 0 radical (unpaired) electrons. The monoisotopic (exact) mass is 236 g/mol. The van der Waals surface area contributed by atoms with Gasteiger partial charge in [-0.2, -0.15) is 0 Å². The van der Waals surface area contributed by atoms with E-state index in [1.165, 1.54) is 0 Å². The van der Waals surface area contributed by atoms with Crippen molar-refractivity contribution in [2.45, 2.75) is 6.61 Å². The average Bonchev–Trinajstić information content (AvgIpc) is 2.75. The van der Waals surface area contributed by atoms with Crippen molar-refractivity contribution in [3.8, 4) is 11.5 Å². The zero-order chi connectivity index (χ0) is 12.3. The van der Waals surface area contributed by atoms with Crippen LogP contribution in [0.2, 0.25) is 0 Å². The predicted octanol–water partition coefficient (Wildman–Crippen LogP) is 1.57. The van der Waals surface area contributed by atoms with Crippen LogP contribution in [0.25, 0.3) is 0 Å². The molecule has 1 aliphatic heterocycles. The lowest BCUT2D eigenvalue weighted by Crippen LogP contribution is -2.06. The van der Waals surface area contributed by atoms with Crippen LogP contribution in [0.15, 0.2) is 30.4 Å². The van der Waals surface area contributed by atoms with Crippen molar-refractivity contribution in [1.82, 2.24) is 0 Å². The Bertz CT molecular complexity index is 452. The van der Waals surface area contributed by atoms with Gasteiger partial charge < -0.3 is 19.3 Å². The van der Waals surface area contributed by atoms with Crippen molar-refractivity contribution in [2.75, 3.05) is 13.4 Å². The summed E-state index contributed by atoms with van der Waals surface area (Å²) in [4.78, 5) is 10.5. The summed E-state index contributed by atoms with van der Waals surface area (Å²) in [5, 5.41) is 8.59. The van der Waals surface area contributed by atoms with Crippen LogP contribution in [-0.4, -0.2) is 24.5 Å². The Morgan fingerprint density at radius 3 is 2.94 bits per heavy atom. The maximum Gasteiger partial charge on any atom is 0.333 e. The van der Waals surface area contributed by atoms with Gasteiger partial charge in [0.05, 0.1) is 18.8 Å². The molecule has 0 aromatic heterocycles. The van der Waals surface area contributed by atoms with E-state index in [4.69, 9.17) is 19.3 Å². The highest BCUT2D eigenvalue weighted by Crippen LogP contribution is 2.32. The molecule has 1 aromatic rings. The number of hydrogen-bond acceptors (Lipinski definition) is 4. The maximum atomic E-state index is 10.5. The minimum absolute atomic E-state index is 0.00375. The lowest BCUT2D eigenvalue weighted by atomic mass is 10.2. The van der Waals surface area contributed by atoms with Gasteiger partial charge in [-0.3, -0.25) is 0 Å². The first-order chi connectivity index (χ1) is 8.16. The van der Waals surface area contributed by atoms with E-state index in [1.54, 1.807) is 6.07 Å². The van der Waals surface area contributed by atoms with Crippen LogP contribution in [0.4, 0.5) is 0 Å². The normalized spacial score (nSPS) is 12.5. The smallest absolute Gasteiger partial charge is 0.333 e. The highest BCUT2D eigenvalue weighted by atomic mass is 16.7. The average molecular weight is 236 g/mol. The molecule has 0 bridgehead atoms. The van der Waals surface area contributed by atoms with E-state index in [0.29, 0.717) is 18.1 Å². The molecule has 0 aliphatic carbocycles. The molecule has 0 unspecified atom stereocenters. The van der Waals surface area contributed by atoms with E-state index in [-0.39, 0.29) is 19.0 Å². The molecular formula is C12H12O5. The molecule has 0 fully saturated rings. The lowest BCUT2D eigenvalue weighted by Gasteiger charge is -2.05. The molecule has 1 heterocycles. The van der Waals surface area contributed by atoms with Crippen molar-refractivity contribution >= 4 is 5.97 Å². The summed E-state index contributed by atoms with van der Waals surface area (Å²) < 4.78 is 15.6. The zero-order valence-corrected chi connectivity index (χ0v) is 9.14. The molecule has 17 heavy (non-hydrogen) atoms. The van der Waals surface area contributed by atoms with Crippen LogP contribution >= 0.6 is 0 Å². The molecule has 2 rings (SSSR count). The second-order valence-corrected chi connectivity index (χ2v) is 3.59. The van der Waals surface area contributed by atoms with Crippen molar-refractivity contribution in [1.29, 1.82) is 0 Å². The van der Waals surface area contributed by atoms with Gasteiger partial charge in [0, 0.05) is 0 Å². The number of rotatable bonds is 5. The summed E-state index contributed by atoms with van der Waals surface area (Å²) in [6.45, 7) is 3.92. The summed E-state index contributed by atoms with van der Waals surface area (Å²) in [6, 6.07) is 5.45. The predicted molar refractivity (Wildman–Crippen MR) is 59.0 cm³/mol. The maximum absolute atomic E-state index is 10.5. The van der Waals surface area contributed by atoms with Gasteiger partial charge in [0.1, 0.15) is 0 Å². The number of ether oxygens (including phenoxy) is 3. The Kier molecular flexibility index (Phi) is 3.30. The third-order valence-corrected chi connectivity index (χ3v) is 2.28. The summed E-state index contributed by atoms with van der Waals surface area (Å²) in [6.07, 6.45) is 0. The number of hydrogen-bond donors (Lipinski definition) is 1. The Hall–Kier alpha value is -2.01.